The number of halogens is 1. The molecule has 1 aliphatic rings. The molecule has 0 bridgehead atoms. The van der Waals surface area contributed by atoms with Crippen molar-refractivity contribution in [3.63, 3.8) is 0 Å². The Kier molecular flexibility index (Phi) is 4.40. The van der Waals surface area contributed by atoms with E-state index in [9.17, 15) is 4.79 Å². The predicted molar refractivity (Wildman–Crippen MR) is 69.2 cm³/mol. The number of amides is 1. The van der Waals surface area contributed by atoms with Crippen LogP contribution >= 0.6 is 11.6 Å². The third kappa shape index (κ3) is 4.02. The van der Waals surface area contributed by atoms with Crippen molar-refractivity contribution in [2.45, 2.75) is 25.3 Å². The molecule has 92 valence electrons. The van der Waals surface area contributed by atoms with Gasteiger partial charge in [-0.3, -0.25) is 4.79 Å². The van der Waals surface area contributed by atoms with Gasteiger partial charge in [-0.1, -0.05) is 23.7 Å². The number of piperidine rings is 1. The third-order valence-corrected chi connectivity index (χ3v) is 3.15. The first-order chi connectivity index (χ1) is 8.24. The highest BCUT2D eigenvalue weighted by molar-refractivity contribution is 6.30. The van der Waals surface area contributed by atoms with E-state index in [0.717, 1.165) is 31.5 Å². The minimum absolute atomic E-state index is 0.0703. The number of carbonyl (C=O) groups excluding carboxylic acids is 1. The highest BCUT2D eigenvalue weighted by Gasteiger charge is 2.15. The zero-order valence-electron chi connectivity index (χ0n) is 9.71. The van der Waals surface area contributed by atoms with Gasteiger partial charge in [0.2, 0.25) is 5.91 Å². The lowest BCUT2D eigenvalue weighted by Crippen LogP contribution is -2.46. The van der Waals surface area contributed by atoms with Crippen LogP contribution in [0.4, 0.5) is 0 Å². The van der Waals surface area contributed by atoms with Crippen molar-refractivity contribution in [3.8, 4) is 0 Å². The fourth-order valence-corrected chi connectivity index (χ4v) is 2.30. The molecule has 1 saturated heterocycles. The molecule has 1 aliphatic heterocycles. The van der Waals surface area contributed by atoms with Gasteiger partial charge in [-0.05, 0) is 37.1 Å². The molecular formula is C13H17ClN2O. The number of hydrogen-bond acceptors (Lipinski definition) is 2. The van der Waals surface area contributed by atoms with E-state index in [0.29, 0.717) is 11.4 Å². The Labute approximate surface area is 107 Å². The average molecular weight is 253 g/mol. The summed E-state index contributed by atoms with van der Waals surface area (Å²) in [6.45, 7) is 1.93. The summed E-state index contributed by atoms with van der Waals surface area (Å²) >= 11 is 5.88. The highest BCUT2D eigenvalue weighted by Crippen LogP contribution is 2.11. The monoisotopic (exact) mass is 252 g/mol. The number of hydrogen-bond donors (Lipinski definition) is 2. The second-order valence-corrected chi connectivity index (χ2v) is 4.85. The maximum Gasteiger partial charge on any atom is 0.224 e. The number of benzene rings is 1. The van der Waals surface area contributed by atoms with E-state index < -0.39 is 0 Å². The molecule has 0 saturated carbocycles. The van der Waals surface area contributed by atoms with Crippen molar-refractivity contribution >= 4 is 17.5 Å². The van der Waals surface area contributed by atoms with Gasteiger partial charge in [-0.15, -0.1) is 0 Å². The van der Waals surface area contributed by atoms with Crippen molar-refractivity contribution in [3.05, 3.63) is 34.9 Å². The Morgan fingerprint density at radius 3 is 3.12 bits per heavy atom. The maximum atomic E-state index is 11.8. The number of rotatable bonds is 3. The molecule has 1 amide bonds. The second kappa shape index (κ2) is 6.03. The smallest absolute Gasteiger partial charge is 0.224 e. The lowest BCUT2D eigenvalue weighted by molar-refractivity contribution is -0.121. The van der Waals surface area contributed by atoms with Gasteiger partial charge in [0.1, 0.15) is 0 Å². The van der Waals surface area contributed by atoms with Crippen LogP contribution in [-0.2, 0) is 11.2 Å². The van der Waals surface area contributed by atoms with Crippen LogP contribution in [-0.4, -0.2) is 25.0 Å². The van der Waals surface area contributed by atoms with Gasteiger partial charge in [0.25, 0.3) is 0 Å². The molecule has 0 aromatic heterocycles. The Morgan fingerprint density at radius 1 is 1.53 bits per heavy atom. The van der Waals surface area contributed by atoms with E-state index in [1.165, 1.54) is 0 Å². The van der Waals surface area contributed by atoms with Crippen LogP contribution in [0.2, 0.25) is 5.02 Å². The first-order valence-corrected chi connectivity index (χ1v) is 6.36. The van der Waals surface area contributed by atoms with Crippen molar-refractivity contribution < 1.29 is 4.79 Å². The maximum absolute atomic E-state index is 11.8. The standard InChI is InChI=1S/C13H17ClN2O/c14-11-4-1-3-10(7-11)8-13(17)16-12-5-2-6-15-9-12/h1,3-4,7,12,15H,2,5-6,8-9H2,(H,16,17). The first kappa shape index (κ1) is 12.4. The second-order valence-electron chi connectivity index (χ2n) is 4.42. The summed E-state index contributed by atoms with van der Waals surface area (Å²) < 4.78 is 0. The first-order valence-electron chi connectivity index (χ1n) is 5.98. The van der Waals surface area contributed by atoms with E-state index in [1.807, 2.05) is 24.3 Å². The minimum Gasteiger partial charge on any atom is -0.352 e. The van der Waals surface area contributed by atoms with Gasteiger partial charge in [-0.2, -0.15) is 0 Å². The number of carbonyl (C=O) groups is 1. The summed E-state index contributed by atoms with van der Waals surface area (Å²) in [4.78, 5) is 11.8. The van der Waals surface area contributed by atoms with Gasteiger partial charge in [0, 0.05) is 17.6 Å². The Hall–Kier alpha value is -1.06. The van der Waals surface area contributed by atoms with Crippen LogP contribution in [0.15, 0.2) is 24.3 Å². The molecule has 2 rings (SSSR count). The molecular weight excluding hydrogens is 236 g/mol. The van der Waals surface area contributed by atoms with E-state index in [1.54, 1.807) is 0 Å². The van der Waals surface area contributed by atoms with Crippen LogP contribution in [0.1, 0.15) is 18.4 Å². The van der Waals surface area contributed by atoms with Gasteiger partial charge >= 0.3 is 0 Å². The van der Waals surface area contributed by atoms with E-state index in [-0.39, 0.29) is 11.9 Å². The molecule has 1 aromatic rings. The lowest BCUT2D eigenvalue weighted by Gasteiger charge is -2.23. The normalized spacial score (nSPS) is 19.9. The van der Waals surface area contributed by atoms with Crippen LogP contribution in [0.3, 0.4) is 0 Å². The van der Waals surface area contributed by atoms with Gasteiger partial charge in [0.15, 0.2) is 0 Å². The molecule has 0 aliphatic carbocycles. The molecule has 17 heavy (non-hydrogen) atoms. The highest BCUT2D eigenvalue weighted by atomic mass is 35.5. The summed E-state index contributed by atoms with van der Waals surface area (Å²) in [5.41, 5.74) is 0.957. The summed E-state index contributed by atoms with van der Waals surface area (Å²) in [7, 11) is 0. The third-order valence-electron chi connectivity index (χ3n) is 2.92. The van der Waals surface area contributed by atoms with Gasteiger partial charge < -0.3 is 10.6 Å². The van der Waals surface area contributed by atoms with Crippen molar-refractivity contribution in [1.29, 1.82) is 0 Å². The van der Waals surface area contributed by atoms with Crippen molar-refractivity contribution in [2.24, 2.45) is 0 Å². The zero-order valence-corrected chi connectivity index (χ0v) is 10.5. The number of nitrogens with one attached hydrogen (secondary N) is 2. The Bertz CT molecular complexity index is 389. The van der Waals surface area contributed by atoms with E-state index in [2.05, 4.69) is 10.6 Å². The predicted octanol–water partition coefficient (Wildman–Crippen LogP) is 1.75. The fraction of sp³-hybridized carbons (Fsp3) is 0.462. The molecule has 0 spiro atoms. The molecule has 1 heterocycles. The quantitative estimate of drug-likeness (QED) is 0.861. The van der Waals surface area contributed by atoms with Crippen molar-refractivity contribution in [1.82, 2.24) is 10.6 Å². The summed E-state index contributed by atoms with van der Waals surface area (Å²) in [5, 5.41) is 7.00. The molecule has 3 nitrogen and oxygen atoms in total. The molecule has 4 heteroatoms. The largest absolute Gasteiger partial charge is 0.352 e. The summed E-state index contributed by atoms with van der Waals surface area (Å²) in [6.07, 6.45) is 2.59. The van der Waals surface area contributed by atoms with Crippen LogP contribution in [0.25, 0.3) is 0 Å². The van der Waals surface area contributed by atoms with E-state index in [4.69, 9.17) is 11.6 Å². The molecule has 2 N–H and O–H groups in total. The zero-order chi connectivity index (χ0) is 12.1. The lowest BCUT2D eigenvalue weighted by atomic mass is 10.1. The minimum atomic E-state index is 0.0703. The summed E-state index contributed by atoms with van der Waals surface area (Å²) in [5.74, 6) is 0.0703. The van der Waals surface area contributed by atoms with Gasteiger partial charge in [-0.25, -0.2) is 0 Å². The SMILES string of the molecule is O=C(Cc1cccc(Cl)c1)NC1CCCNC1. The Balaban J connectivity index is 1.84. The van der Waals surface area contributed by atoms with Crippen LogP contribution in [0.5, 0.6) is 0 Å². The molecule has 1 unspecified atom stereocenters. The fourth-order valence-electron chi connectivity index (χ4n) is 2.09. The molecule has 1 fully saturated rings. The topological polar surface area (TPSA) is 41.1 Å². The Morgan fingerprint density at radius 2 is 2.41 bits per heavy atom. The van der Waals surface area contributed by atoms with E-state index >= 15 is 0 Å². The molecule has 1 aromatic carbocycles. The van der Waals surface area contributed by atoms with Crippen LogP contribution < -0.4 is 10.6 Å². The van der Waals surface area contributed by atoms with Crippen LogP contribution in [0, 0.1) is 0 Å². The van der Waals surface area contributed by atoms with Gasteiger partial charge in [0.05, 0.1) is 6.42 Å². The average Bonchev–Trinajstić information content (AvgIpc) is 2.30. The molecule has 0 radical (unpaired) electrons. The molecule has 1 atom stereocenters. The van der Waals surface area contributed by atoms with Crippen molar-refractivity contribution in [2.75, 3.05) is 13.1 Å². The summed E-state index contributed by atoms with van der Waals surface area (Å²) in [6, 6.07) is 7.71.